The number of hydrazone groups is 1. The molecule has 0 atom stereocenters. The molecule has 1 aromatic rings. The summed E-state index contributed by atoms with van der Waals surface area (Å²) in [5.74, 6) is 7.43. The van der Waals surface area contributed by atoms with Crippen molar-refractivity contribution in [1.82, 2.24) is 4.90 Å². The minimum atomic E-state index is 0.219. The Morgan fingerprint density at radius 2 is 1.78 bits per heavy atom. The molecule has 1 aliphatic heterocycles. The Balaban J connectivity index is 1.74. The van der Waals surface area contributed by atoms with Gasteiger partial charge in [0.2, 0.25) is 0 Å². The van der Waals surface area contributed by atoms with Gasteiger partial charge in [-0.05, 0) is 82.2 Å². The summed E-state index contributed by atoms with van der Waals surface area (Å²) >= 11 is 0. The predicted molar refractivity (Wildman–Crippen MR) is 134 cm³/mol. The second kappa shape index (κ2) is 12.7. The number of nitrogens with zero attached hydrogens (tertiary/aromatic N) is 2. The maximum absolute atomic E-state index is 6.21. The number of hydrogen-bond acceptors (Lipinski definition) is 5. The molecule has 0 radical (unpaired) electrons. The molecule has 0 spiro atoms. The topological polar surface area (TPSA) is 60.1 Å². The van der Waals surface area contributed by atoms with Crippen molar-refractivity contribution >= 4 is 11.3 Å². The highest BCUT2D eigenvalue weighted by Crippen LogP contribution is 2.27. The summed E-state index contributed by atoms with van der Waals surface area (Å²) in [6, 6.07) is 8.33. The Hall–Kier alpha value is -2.27. The van der Waals surface area contributed by atoms with Crippen LogP contribution in [0.15, 0.2) is 47.8 Å². The molecule has 1 saturated heterocycles. The second-order valence-corrected chi connectivity index (χ2v) is 9.23. The third kappa shape index (κ3) is 7.40. The molecule has 2 N–H and O–H groups in total. The number of rotatable bonds is 10. The lowest BCUT2D eigenvalue weighted by atomic mass is 9.96. The van der Waals surface area contributed by atoms with Crippen LogP contribution in [0, 0.1) is 0 Å². The van der Waals surface area contributed by atoms with E-state index in [1.807, 2.05) is 6.08 Å². The van der Waals surface area contributed by atoms with Crippen LogP contribution in [0.1, 0.15) is 76.7 Å². The average Bonchev–Trinajstić information content (AvgIpc) is 2.81. The molecule has 5 nitrogen and oxygen atoms in total. The summed E-state index contributed by atoms with van der Waals surface area (Å²) in [4.78, 5) is 2.34. The van der Waals surface area contributed by atoms with Gasteiger partial charge in [0.25, 0.3) is 0 Å². The highest BCUT2D eigenvalue weighted by molar-refractivity contribution is 6.24. The predicted octanol–water partition coefficient (Wildman–Crippen LogP) is 5.91. The lowest BCUT2D eigenvalue weighted by molar-refractivity contribution is 0.0650. The van der Waals surface area contributed by atoms with Crippen LogP contribution >= 0.6 is 0 Å². The normalized spacial score (nSPS) is 19.7. The Labute approximate surface area is 194 Å². The van der Waals surface area contributed by atoms with Gasteiger partial charge in [0.15, 0.2) is 0 Å². The fourth-order valence-corrected chi connectivity index (χ4v) is 4.55. The summed E-state index contributed by atoms with van der Waals surface area (Å²) in [5, 5.41) is 4.14. The zero-order valence-electron chi connectivity index (χ0n) is 20.0. The van der Waals surface area contributed by atoms with E-state index >= 15 is 0 Å². The van der Waals surface area contributed by atoms with Crippen molar-refractivity contribution in [3.63, 3.8) is 0 Å². The van der Waals surface area contributed by atoms with Crippen LogP contribution < -0.4 is 10.6 Å². The number of piperidine rings is 1. The van der Waals surface area contributed by atoms with Crippen LogP contribution in [0.2, 0.25) is 0 Å². The first-order valence-corrected chi connectivity index (χ1v) is 12.4. The van der Waals surface area contributed by atoms with Crippen molar-refractivity contribution < 1.29 is 9.47 Å². The van der Waals surface area contributed by atoms with Gasteiger partial charge in [0, 0.05) is 18.7 Å². The van der Waals surface area contributed by atoms with Gasteiger partial charge in [-0.15, -0.1) is 0 Å². The zero-order chi connectivity index (χ0) is 22.8. The van der Waals surface area contributed by atoms with E-state index in [9.17, 15) is 0 Å². The van der Waals surface area contributed by atoms with Crippen LogP contribution in [-0.2, 0) is 4.74 Å². The van der Waals surface area contributed by atoms with Crippen molar-refractivity contribution in [1.29, 1.82) is 0 Å². The van der Waals surface area contributed by atoms with E-state index in [0.717, 1.165) is 80.6 Å². The Morgan fingerprint density at radius 3 is 2.41 bits per heavy atom. The fourth-order valence-electron chi connectivity index (χ4n) is 4.55. The van der Waals surface area contributed by atoms with Gasteiger partial charge < -0.3 is 20.2 Å². The summed E-state index contributed by atoms with van der Waals surface area (Å²) in [6.45, 7) is 8.49. The molecule has 2 aliphatic rings. The summed E-state index contributed by atoms with van der Waals surface area (Å²) < 4.78 is 12.4. The smallest absolute Gasteiger partial charge is 0.119 e. The minimum absolute atomic E-state index is 0.219. The summed E-state index contributed by atoms with van der Waals surface area (Å²) in [5.41, 5.74) is 2.94. The molecule has 1 aromatic carbocycles. The quantitative estimate of drug-likeness (QED) is 0.162. The van der Waals surface area contributed by atoms with E-state index in [1.54, 1.807) is 0 Å². The highest BCUT2D eigenvalue weighted by Gasteiger charge is 2.19. The van der Waals surface area contributed by atoms with Gasteiger partial charge in [0.1, 0.15) is 17.6 Å². The van der Waals surface area contributed by atoms with Gasteiger partial charge >= 0.3 is 0 Å². The molecule has 5 heteroatoms. The molecule has 32 heavy (non-hydrogen) atoms. The van der Waals surface area contributed by atoms with Gasteiger partial charge in [-0.1, -0.05) is 38.5 Å². The van der Waals surface area contributed by atoms with Gasteiger partial charge in [-0.2, -0.15) is 5.10 Å². The molecule has 1 heterocycles. The van der Waals surface area contributed by atoms with Crippen LogP contribution in [0.5, 0.6) is 5.75 Å². The molecule has 0 unspecified atom stereocenters. The molecule has 1 aliphatic carbocycles. The minimum Gasteiger partial charge on any atom is -0.491 e. The van der Waals surface area contributed by atoms with Crippen molar-refractivity contribution in [2.75, 3.05) is 20.1 Å². The Kier molecular flexibility index (Phi) is 9.66. The molecule has 1 saturated carbocycles. The molecule has 0 amide bonds. The molecule has 0 bridgehead atoms. The first-order chi connectivity index (χ1) is 15.6. The molecular weight excluding hydrogens is 398 g/mol. The number of hydrogen-bond donors (Lipinski definition) is 1. The Bertz CT molecular complexity index is 771. The number of ether oxygens (including phenoxy) is 2. The van der Waals surface area contributed by atoms with Crippen molar-refractivity contribution in [2.24, 2.45) is 10.9 Å². The van der Waals surface area contributed by atoms with E-state index in [4.69, 9.17) is 15.3 Å². The van der Waals surface area contributed by atoms with Crippen LogP contribution in [0.4, 0.5) is 0 Å². The molecule has 2 fully saturated rings. The first-order valence-electron chi connectivity index (χ1n) is 12.4. The molecule has 176 valence electrons. The van der Waals surface area contributed by atoms with E-state index in [-0.39, 0.29) is 6.10 Å². The maximum atomic E-state index is 6.21. The van der Waals surface area contributed by atoms with E-state index < -0.39 is 0 Å². The van der Waals surface area contributed by atoms with E-state index in [1.165, 1.54) is 19.3 Å². The lowest BCUT2D eigenvalue weighted by Gasteiger charge is -2.29. The highest BCUT2D eigenvalue weighted by atomic mass is 16.5. The number of allylic oxidation sites excluding steroid dienone is 2. The van der Waals surface area contributed by atoms with Crippen LogP contribution in [-0.4, -0.2) is 43.0 Å². The standard InChI is InChI=1S/C27H41N3O2/c1-4-5-11-27(29-28)26(20-21(2)31-25-16-18-30(3)19-17-25)22-12-14-24(15-13-22)32-23-9-7-6-8-10-23/h12-15,20,23,25H,2,4-11,16-19,28H2,1,3H3/b26-20-,29-27-. The largest absolute Gasteiger partial charge is 0.491 e. The Morgan fingerprint density at radius 1 is 1.09 bits per heavy atom. The summed E-state index contributed by atoms with van der Waals surface area (Å²) in [7, 11) is 2.16. The average molecular weight is 440 g/mol. The van der Waals surface area contributed by atoms with Crippen molar-refractivity contribution in [3.05, 3.63) is 48.2 Å². The first kappa shape index (κ1) is 24.4. The van der Waals surface area contributed by atoms with E-state index in [0.29, 0.717) is 11.9 Å². The maximum Gasteiger partial charge on any atom is 0.119 e. The van der Waals surface area contributed by atoms with E-state index in [2.05, 4.69) is 54.8 Å². The number of unbranched alkanes of at least 4 members (excludes halogenated alkanes) is 1. The van der Waals surface area contributed by atoms with Gasteiger partial charge in [-0.3, -0.25) is 0 Å². The van der Waals surface area contributed by atoms with Crippen LogP contribution in [0.25, 0.3) is 5.57 Å². The number of benzene rings is 1. The van der Waals surface area contributed by atoms with Gasteiger partial charge in [0.05, 0.1) is 11.8 Å². The van der Waals surface area contributed by atoms with Crippen molar-refractivity contribution in [3.8, 4) is 5.75 Å². The lowest BCUT2D eigenvalue weighted by Crippen LogP contribution is -2.34. The SMILES string of the molecule is C=C(/C=C(\C(CCCC)=N/N)c1ccc(OC2CCCCC2)cc1)OC1CCN(C)CC1. The third-order valence-electron chi connectivity index (χ3n) is 6.54. The molecule has 3 rings (SSSR count). The summed E-state index contributed by atoms with van der Waals surface area (Å²) in [6.07, 6.45) is 13.8. The van der Waals surface area contributed by atoms with Crippen LogP contribution in [0.3, 0.4) is 0 Å². The zero-order valence-corrected chi connectivity index (χ0v) is 20.0. The third-order valence-corrected chi connectivity index (χ3v) is 6.54. The number of likely N-dealkylation sites (tertiary alicyclic amines) is 1. The fraction of sp³-hybridized carbons (Fsp3) is 0.593. The molecular formula is C27H41N3O2. The van der Waals surface area contributed by atoms with Crippen molar-refractivity contribution in [2.45, 2.75) is 83.3 Å². The second-order valence-electron chi connectivity index (χ2n) is 9.23. The molecule has 0 aromatic heterocycles. The van der Waals surface area contributed by atoms with Gasteiger partial charge in [-0.25, -0.2) is 0 Å². The number of nitrogens with two attached hydrogens (primary N) is 1. The monoisotopic (exact) mass is 439 g/mol.